The van der Waals surface area contributed by atoms with Gasteiger partial charge < -0.3 is 10.2 Å². The van der Waals surface area contributed by atoms with Crippen molar-refractivity contribution in [1.29, 1.82) is 0 Å². The first-order chi connectivity index (χ1) is 21.9. The third-order valence-electron chi connectivity index (χ3n) is 7.67. The number of amides is 2. The molecule has 242 valence electrons. The lowest BCUT2D eigenvalue weighted by molar-refractivity contribution is -0.140. The van der Waals surface area contributed by atoms with Crippen LogP contribution in [-0.4, -0.2) is 43.8 Å². The monoisotopic (exact) mass is 683 g/mol. The molecule has 0 radical (unpaired) electrons. The number of carbonyl (C=O) groups excluding carboxylic acids is 2. The van der Waals surface area contributed by atoms with Crippen LogP contribution in [0.5, 0.6) is 0 Å². The molecule has 0 bridgehead atoms. The van der Waals surface area contributed by atoms with Crippen molar-refractivity contribution in [3.63, 3.8) is 0 Å². The number of sulfonamides is 1. The van der Waals surface area contributed by atoms with Gasteiger partial charge in [0.25, 0.3) is 10.0 Å². The number of nitrogens with one attached hydrogen (secondary N) is 1. The first-order valence-corrected chi connectivity index (χ1v) is 17.0. The van der Waals surface area contributed by atoms with E-state index in [1.54, 1.807) is 30.3 Å². The lowest BCUT2D eigenvalue weighted by Crippen LogP contribution is -2.54. The summed E-state index contributed by atoms with van der Waals surface area (Å²) >= 11 is 13.1. The van der Waals surface area contributed by atoms with Gasteiger partial charge in [-0.3, -0.25) is 13.9 Å². The van der Waals surface area contributed by atoms with Gasteiger partial charge in [-0.15, -0.1) is 0 Å². The highest BCUT2D eigenvalue weighted by Gasteiger charge is 2.36. The summed E-state index contributed by atoms with van der Waals surface area (Å²) in [6, 6.07) is 24.1. The summed E-state index contributed by atoms with van der Waals surface area (Å²) in [6.07, 6.45) is 0.755. The smallest absolute Gasteiger partial charge is 0.264 e. The van der Waals surface area contributed by atoms with E-state index < -0.39 is 40.2 Å². The Labute approximate surface area is 280 Å². The number of rotatable bonds is 13. The molecule has 0 aliphatic carbocycles. The molecular formula is C35H36Cl2FN3O4S. The van der Waals surface area contributed by atoms with Gasteiger partial charge in [-0.25, -0.2) is 12.8 Å². The number of hydrogen-bond acceptors (Lipinski definition) is 4. The molecule has 4 rings (SSSR count). The maximum Gasteiger partial charge on any atom is 0.264 e. The van der Waals surface area contributed by atoms with Crippen molar-refractivity contribution in [3.05, 3.63) is 130 Å². The summed E-state index contributed by atoms with van der Waals surface area (Å²) in [5, 5.41) is 3.50. The third-order valence-corrected chi connectivity index (χ3v) is 10.2. The highest BCUT2D eigenvalue weighted by atomic mass is 35.5. The lowest BCUT2D eigenvalue weighted by atomic mass is 10.0. The third kappa shape index (κ3) is 8.46. The minimum atomic E-state index is -4.45. The predicted octanol–water partition coefficient (Wildman–Crippen LogP) is 7.19. The number of carbonyl (C=O) groups is 2. The molecule has 1 N–H and O–H groups in total. The minimum Gasteiger partial charge on any atom is -0.352 e. The molecule has 2 atom stereocenters. The van der Waals surface area contributed by atoms with E-state index in [0.29, 0.717) is 12.0 Å². The highest BCUT2D eigenvalue weighted by Crippen LogP contribution is 2.30. The molecule has 0 heterocycles. The fraction of sp³-hybridized carbons (Fsp3) is 0.257. The standard InChI is InChI=1S/C35H36Cl2FN3O4S/c1-4-25(3)39-35(43)33(21-26-11-6-5-7-12-26)40(22-28-29(36)13-10-14-30(28)37)34(42)23-41(32-16-9-8-15-31(32)38)46(44,45)27-19-17-24(2)18-20-27/h5-20,25,33H,4,21-23H2,1-3H3,(H,39,43)/t25-,33+/m0/s1. The summed E-state index contributed by atoms with van der Waals surface area (Å²) in [5.74, 6) is -2.02. The van der Waals surface area contributed by atoms with Crippen LogP contribution >= 0.6 is 23.2 Å². The Morgan fingerprint density at radius 1 is 0.870 bits per heavy atom. The Kier molecular flexibility index (Phi) is 11.8. The zero-order valence-corrected chi connectivity index (χ0v) is 28.1. The van der Waals surface area contributed by atoms with Gasteiger partial charge in [-0.05, 0) is 62.2 Å². The Balaban J connectivity index is 1.85. The Morgan fingerprint density at radius 3 is 2.09 bits per heavy atom. The topological polar surface area (TPSA) is 86.8 Å². The summed E-state index contributed by atoms with van der Waals surface area (Å²) in [5.41, 5.74) is 1.67. The summed E-state index contributed by atoms with van der Waals surface area (Å²) in [4.78, 5) is 29.6. The molecule has 4 aromatic carbocycles. The van der Waals surface area contributed by atoms with E-state index in [0.717, 1.165) is 21.5 Å². The van der Waals surface area contributed by atoms with Crippen molar-refractivity contribution in [2.24, 2.45) is 0 Å². The second-order valence-corrected chi connectivity index (χ2v) is 13.7. The normalized spacial score (nSPS) is 12.7. The van der Waals surface area contributed by atoms with Crippen LogP contribution in [0, 0.1) is 12.7 Å². The second kappa shape index (κ2) is 15.6. The highest BCUT2D eigenvalue weighted by molar-refractivity contribution is 7.92. The van der Waals surface area contributed by atoms with Crippen LogP contribution in [0.1, 0.15) is 37.0 Å². The van der Waals surface area contributed by atoms with Gasteiger partial charge in [-0.2, -0.15) is 0 Å². The first-order valence-electron chi connectivity index (χ1n) is 14.8. The van der Waals surface area contributed by atoms with E-state index in [1.165, 1.54) is 35.2 Å². The summed E-state index contributed by atoms with van der Waals surface area (Å²) in [6.45, 7) is 4.57. The molecule has 0 aliphatic rings. The van der Waals surface area contributed by atoms with E-state index in [2.05, 4.69) is 5.32 Å². The predicted molar refractivity (Wildman–Crippen MR) is 181 cm³/mol. The fourth-order valence-electron chi connectivity index (χ4n) is 4.85. The average Bonchev–Trinajstić information content (AvgIpc) is 3.03. The maximum absolute atomic E-state index is 15.3. The minimum absolute atomic E-state index is 0.112. The zero-order valence-electron chi connectivity index (χ0n) is 25.8. The van der Waals surface area contributed by atoms with Gasteiger partial charge in [0.05, 0.1) is 10.6 Å². The van der Waals surface area contributed by atoms with Crippen molar-refractivity contribution in [2.45, 2.75) is 57.1 Å². The molecule has 0 saturated carbocycles. The molecular weight excluding hydrogens is 648 g/mol. The van der Waals surface area contributed by atoms with Crippen molar-refractivity contribution in [2.75, 3.05) is 10.8 Å². The number of aryl methyl sites for hydroxylation is 1. The molecule has 2 amide bonds. The molecule has 0 aromatic heterocycles. The number of nitrogens with zero attached hydrogens (tertiary/aromatic N) is 2. The number of para-hydroxylation sites is 1. The largest absolute Gasteiger partial charge is 0.352 e. The average molecular weight is 685 g/mol. The number of hydrogen-bond donors (Lipinski definition) is 1. The maximum atomic E-state index is 15.3. The van der Waals surface area contributed by atoms with Crippen LogP contribution in [0.25, 0.3) is 0 Å². The molecule has 11 heteroatoms. The van der Waals surface area contributed by atoms with Crippen molar-refractivity contribution >= 4 is 50.7 Å². The fourth-order valence-corrected chi connectivity index (χ4v) is 6.79. The number of anilines is 1. The van der Waals surface area contributed by atoms with Gasteiger partial charge >= 0.3 is 0 Å². The van der Waals surface area contributed by atoms with Crippen molar-refractivity contribution in [1.82, 2.24) is 10.2 Å². The molecule has 4 aromatic rings. The first kappa shape index (κ1) is 34.9. The van der Waals surface area contributed by atoms with E-state index in [-0.39, 0.29) is 39.6 Å². The molecule has 7 nitrogen and oxygen atoms in total. The van der Waals surface area contributed by atoms with Crippen LogP contribution in [-0.2, 0) is 32.6 Å². The summed E-state index contributed by atoms with van der Waals surface area (Å²) in [7, 11) is -4.45. The zero-order chi connectivity index (χ0) is 33.4. The lowest BCUT2D eigenvalue weighted by Gasteiger charge is -2.34. The van der Waals surface area contributed by atoms with E-state index in [1.807, 2.05) is 51.1 Å². The Bertz CT molecular complexity index is 1750. The molecule has 46 heavy (non-hydrogen) atoms. The van der Waals surface area contributed by atoms with Crippen LogP contribution < -0.4 is 9.62 Å². The van der Waals surface area contributed by atoms with Gasteiger partial charge in [0.2, 0.25) is 11.8 Å². The van der Waals surface area contributed by atoms with Crippen LogP contribution in [0.4, 0.5) is 10.1 Å². The summed E-state index contributed by atoms with van der Waals surface area (Å²) < 4.78 is 44.2. The van der Waals surface area contributed by atoms with Crippen molar-refractivity contribution in [3.8, 4) is 0 Å². The van der Waals surface area contributed by atoms with Crippen molar-refractivity contribution < 1.29 is 22.4 Å². The molecule has 0 fully saturated rings. The molecule has 0 aliphatic heterocycles. The van der Waals surface area contributed by atoms with E-state index >= 15 is 4.39 Å². The molecule has 0 saturated heterocycles. The SMILES string of the molecule is CC[C@H](C)NC(=O)[C@@H](Cc1ccccc1)N(Cc1c(Cl)cccc1Cl)C(=O)CN(c1ccccc1F)S(=O)(=O)c1ccc(C)cc1. The van der Waals surface area contributed by atoms with Crippen LogP contribution in [0.3, 0.4) is 0 Å². The number of benzene rings is 4. The van der Waals surface area contributed by atoms with Crippen LogP contribution in [0.15, 0.2) is 102 Å². The van der Waals surface area contributed by atoms with E-state index in [4.69, 9.17) is 23.2 Å². The second-order valence-electron chi connectivity index (χ2n) is 11.0. The van der Waals surface area contributed by atoms with Gasteiger partial charge in [0.1, 0.15) is 18.4 Å². The van der Waals surface area contributed by atoms with Gasteiger partial charge in [0.15, 0.2) is 0 Å². The van der Waals surface area contributed by atoms with Gasteiger partial charge in [-0.1, -0.05) is 96.4 Å². The quantitative estimate of drug-likeness (QED) is 0.162. The Morgan fingerprint density at radius 2 is 1.48 bits per heavy atom. The van der Waals surface area contributed by atoms with Gasteiger partial charge in [0, 0.05) is 34.6 Å². The molecule has 0 spiro atoms. The molecule has 0 unspecified atom stereocenters. The Hall–Kier alpha value is -3.92. The van der Waals surface area contributed by atoms with Crippen LogP contribution in [0.2, 0.25) is 10.0 Å². The number of halogens is 3. The van der Waals surface area contributed by atoms with E-state index in [9.17, 15) is 18.0 Å².